The standard InChI is InChI=1S/C4H5NO3.K.H/c6-3-1-2-4(7)5(3)8;;/h8H,1-2H2;;. The third-order valence-electron chi connectivity index (χ3n) is 1.03. The van der Waals surface area contributed by atoms with E-state index in [0.717, 1.165) is 0 Å². The second-order valence-electron chi connectivity index (χ2n) is 1.60. The second kappa shape index (κ2) is 3.80. The summed E-state index contributed by atoms with van der Waals surface area (Å²) in [6.07, 6.45) is 0.296. The van der Waals surface area contributed by atoms with E-state index in [2.05, 4.69) is 0 Å². The number of hydrogen-bond donors (Lipinski definition) is 1. The van der Waals surface area contributed by atoms with Crippen LogP contribution in [0.2, 0.25) is 0 Å². The maximum absolute atomic E-state index is 10.2. The minimum atomic E-state index is -0.505. The van der Waals surface area contributed by atoms with Gasteiger partial charge in [0.1, 0.15) is 0 Å². The summed E-state index contributed by atoms with van der Waals surface area (Å²) in [6.45, 7) is 0. The number of carbonyl (C=O) groups is 2. The summed E-state index contributed by atoms with van der Waals surface area (Å²) in [5, 5.41) is 8.57. The van der Waals surface area contributed by atoms with Crippen LogP contribution in [-0.4, -0.2) is 73.5 Å². The van der Waals surface area contributed by atoms with E-state index in [9.17, 15) is 9.59 Å². The fourth-order valence-corrected chi connectivity index (χ4v) is 0.565. The zero-order chi connectivity index (χ0) is 6.15. The summed E-state index contributed by atoms with van der Waals surface area (Å²) >= 11 is 0. The molecule has 1 heterocycles. The minimum absolute atomic E-state index is 0. The molecule has 1 aliphatic heterocycles. The Bertz CT molecular complexity index is 131. The second-order valence-corrected chi connectivity index (χ2v) is 1.60. The topological polar surface area (TPSA) is 57.6 Å². The van der Waals surface area contributed by atoms with Crippen LogP contribution in [0.25, 0.3) is 0 Å². The van der Waals surface area contributed by atoms with Crippen molar-refractivity contribution in [3.05, 3.63) is 0 Å². The van der Waals surface area contributed by atoms with E-state index in [1.807, 2.05) is 0 Å². The monoisotopic (exact) mass is 155 g/mol. The van der Waals surface area contributed by atoms with Crippen molar-refractivity contribution < 1.29 is 14.8 Å². The quantitative estimate of drug-likeness (QED) is 0.274. The van der Waals surface area contributed by atoms with Gasteiger partial charge in [-0.2, -0.15) is 5.06 Å². The number of nitrogens with zero attached hydrogens (tertiary/aromatic N) is 1. The number of rotatable bonds is 0. The number of imide groups is 1. The van der Waals surface area contributed by atoms with Gasteiger partial charge in [0.05, 0.1) is 0 Å². The molecular formula is C4H6KNO3. The first-order valence-corrected chi connectivity index (χ1v) is 2.26. The van der Waals surface area contributed by atoms with Crippen LogP contribution in [0.3, 0.4) is 0 Å². The van der Waals surface area contributed by atoms with E-state index in [0.29, 0.717) is 0 Å². The first-order valence-electron chi connectivity index (χ1n) is 2.26. The summed E-state index contributed by atoms with van der Waals surface area (Å²) in [4.78, 5) is 20.5. The predicted octanol–water partition coefficient (Wildman–Crippen LogP) is -1.12. The molecule has 0 aliphatic carbocycles. The molecule has 46 valence electrons. The molecule has 2 amide bonds. The van der Waals surface area contributed by atoms with Crippen LogP contribution in [0, 0.1) is 0 Å². The van der Waals surface area contributed by atoms with Gasteiger partial charge in [0.25, 0.3) is 11.8 Å². The summed E-state index contributed by atoms with van der Waals surface area (Å²) < 4.78 is 0. The number of amides is 2. The van der Waals surface area contributed by atoms with E-state index in [1.165, 1.54) is 0 Å². The molecule has 0 saturated carbocycles. The Hall–Kier alpha value is 0.736. The van der Waals surface area contributed by atoms with E-state index in [-0.39, 0.29) is 69.3 Å². The molecule has 0 aromatic rings. The molecule has 0 atom stereocenters. The Morgan fingerprint density at radius 3 is 1.67 bits per heavy atom. The van der Waals surface area contributed by atoms with Gasteiger partial charge in [-0.15, -0.1) is 0 Å². The van der Waals surface area contributed by atoms with Gasteiger partial charge in [-0.25, -0.2) is 0 Å². The molecule has 1 rings (SSSR count). The zero-order valence-corrected chi connectivity index (χ0v) is 4.13. The molecule has 4 nitrogen and oxygen atoms in total. The van der Waals surface area contributed by atoms with E-state index in [4.69, 9.17) is 5.21 Å². The molecule has 0 spiro atoms. The molecule has 1 N–H and O–H groups in total. The SMILES string of the molecule is O=C1CCC(=O)N1O.[KH]. The molecular weight excluding hydrogens is 149 g/mol. The molecule has 1 fully saturated rings. The molecule has 0 unspecified atom stereocenters. The first kappa shape index (κ1) is 9.74. The molecule has 1 saturated heterocycles. The van der Waals surface area contributed by atoms with Gasteiger partial charge >= 0.3 is 51.4 Å². The predicted molar refractivity (Wildman–Crippen MR) is 30.0 cm³/mol. The number of carbonyl (C=O) groups excluding carboxylic acids is 2. The average molecular weight is 155 g/mol. The molecule has 0 bridgehead atoms. The summed E-state index contributed by atoms with van der Waals surface area (Å²) in [6, 6.07) is 0. The Morgan fingerprint density at radius 1 is 1.22 bits per heavy atom. The summed E-state index contributed by atoms with van der Waals surface area (Å²) in [5.74, 6) is -1.01. The average Bonchev–Trinajstić information content (AvgIpc) is 1.98. The third-order valence-corrected chi connectivity index (χ3v) is 1.03. The third kappa shape index (κ3) is 2.10. The Balaban J connectivity index is 0.000000640. The van der Waals surface area contributed by atoms with Crippen LogP contribution < -0.4 is 0 Å². The zero-order valence-electron chi connectivity index (χ0n) is 4.13. The van der Waals surface area contributed by atoms with Crippen molar-refractivity contribution in [3.63, 3.8) is 0 Å². The van der Waals surface area contributed by atoms with Crippen molar-refractivity contribution in [1.29, 1.82) is 0 Å². The normalized spacial score (nSPS) is 18.1. The Morgan fingerprint density at radius 2 is 1.56 bits per heavy atom. The van der Waals surface area contributed by atoms with Crippen LogP contribution in [0.1, 0.15) is 12.8 Å². The first-order chi connectivity index (χ1) is 3.72. The molecule has 9 heavy (non-hydrogen) atoms. The van der Waals surface area contributed by atoms with Crippen molar-refractivity contribution in [2.75, 3.05) is 0 Å². The molecule has 1 aliphatic rings. The summed E-state index contributed by atoms with van der Waals surface area (Å²) in [7, 11) is 0. The number of hydroxylamine groups is 2. The van der Waals surface area contributed by atoms with Crippen molar-refractivity contribution in [1.82, 2.24) is 5.06 Å². The fourth-order valence-electron chi connectivity index (χ4n) is 0.565. The van der Waals surface area contributed by atoms with Gasteiger partial charge in [-0.3, -0.25) is 14.8 Å². The van der Waals surface area contributed by atoms with Crippen LogP contribution in [-0.2, 0) is 9.59 Å². The Labute approximate surface area is 94.6 Å². The molecule has 0 aromatic heterocycles. The van der Waals surface area contributed by atoms with E-state index >= 15 is 0 Å². The number of hydrogen-bond acceptors (Lipinski definition) is 3. The van der Waals surface area contributed by atoms with Crippen LogP contribution in [0.4, 0.5) is 0 Å². The van der Waals surface area contributed by atoms with Gasteiger partial charge in [0, 0.05) is 12.8 Å². The van der Waals surface area contributed by atoms with Gasteiger partial charge in [0.2, 0.25) is 0 Å². The van der Waals surface area contributed by atoms with E-state index < -0.39 is 11.8 Å². The molecule has 5 heteroatoms. The van der Waals surface area contributed by atoms with E-state index in [1.54, 1.807) is 0 Å². The van der Waals surface area contributed by atoms with Gasteiger partial charge in [-0.05, 0) is 0 Å². The van der Waals surface area contributed by atoms with Crippen molar-refractivity contribution >= 4 is 63.2 Å². The van der Waals surface area contributed by atoms with Gasteiger partial charge < -0.3 is 0 Å². The maximum atomic E-state index is 10.2. The fraction of sp³-hybridized carbons (Fsp3) is 0.500. The van der Waals surface area contributed by atoms with Gasteiger partial charge in [-0.1, -0.05) is 0 Å². The Kier molecular flexibility index (Phi) is 4.11. The molecule has 0 aromatic carbocycles. The van der Waals surface area contributed by atoms with Crippen molar-refractivity contribution in [2.45, 2.75) is 12.8 Å². The molecule has 0 radical (unpaired) electrons. The van der Waals surface area contributed by atoms with Crippen LogP contribution in [0.15, 0.2) is 0 Å². The van der Waals surface area contributed by atoms with Crippen molar-refractivity contribution in [2.24, 2.45) is 0 Å². The van der Waals surface area contributed by atoms with Gasteiger partial charge in [0.15, 0.2) is 0 Å². The summed E-state index contributed by atoms with van der Waals surface area (Å²) in [5.41, 5.74) is 0. The van der Waals surface area contributed by atoms with Crippen LogP contribution >= 0.6 is 0 Å². The van der Waals surface area contributed by atoms with Crippen LogP contribution in [0.5, 0.6) is 0 Å². The van der Waals surface area contributed by atoms with Crippen molar-refractivity contribution in [3.8, 4) is 0 Å².